The van der Waals surface area contributed by atoms with E-state index < -0.39 is 0 Å². The van der Waals surface area contributed by atoms with Crippen LogP contribution in [0.15, 0.2) is 0 Å². The highest BCUT2D eigenvalue weighted by Gasteiger charge is 2.45. The summed E-state index contributed by atoms with van der Waals surface area (Å²) >= 11 is 0. The van der Waals surface area contributed by atoms with Crippen LogP contribution in [0.4, 0.5) is 0 Å². The molecular formula is C16H27NO2. The van der Waals surface area contributed by atoms with Gasteiger partial charge >= 0.3 is 5.97 Å². The second-order valence-corrected chi connectivity index (χ2v) is 6.67. The molecule has 0 spiro atoms. The fourth-order valence-electron chi connectivity index (χ4n) is 4.69. The molecule has 0 radical (unpaired) electrons. The molecule has 1 heterocycles. The average molecular weight is 265 g/mol. The molecule has 0 amide bonds. The van der Waals surface area contributed by atoms with E-state index in [-0.39, 0.29) is 12.1 Å². The molecule has 1 saturated heterocycles. The third-order valence-electron chi connectivity index (χ3n) is 5.49. The number of ether oxygens (including phenoxy) is 1. The van der Waals surface area contributed by atoms with Gasteiger partial charge in [0.15, 0.2) is 0 Å². The molecule has 3 rings (SSSR count). The van der Waals surface area contributed by atoms with Crippen LogP contribution in [0.5, 0.6) is 0 Å². The van der Waals surface area contributed by atoms with Gasteiger partial charge in [0.05, 0.1) is 0 Å². The van der Waals surface area contributed by atoms with E-state index in [2.05, 4.69) is 4.90 Å². The van der Waals surface area contributed by atoms with Crippen molar-refractivity contribution >= 4 is 5.97 Å². The minimum atomic E-state index is -0.0822. The second kappa shape index (κ2) is 5.82. The third kappa shape index (κ3) is 2.81. The Labute approximate surface area is 116 Å². The molecule has 2 bridgehead atoms. The molecule has 1 aliphatic heterocycles. The Hall–Kier alpha value is -0.570. The smallest absolute Gasteiger partial charge is 0.302 e. The van der Waals surface area contributed by atoms with E-state index in [9.17, 15) is 4.79 Å². The van der Waals surface area contributed by atoms with Crippen molar-refractivity contribution in [3.8, 4) is 0 Å². The van der Waals surface area contributed by atoms with Gasteiger partial charge in [-0.3, -0.25) is 9.69 Å². The molecule has 0 aromatic rings. The van der Waals surface area contributed by atoms with Crippen LogP contribution in [0, 0.1) is 11.8 Å². The summed E-state index contributed by atoms with van der Waals surface area (Å²) in [7, 11) is 0. The molecular weight excluding hydrogens is 238 g/mol. The van der Waals surface area contributed by atoms with Crippen LogP contribution >= 0.6 is 0 Å². The van der Waals surface area contributed by atoms with Crippen LogP contribution in [-0.2, 0) is 9.53 Å². The van der Waals surface area contributed by atoms with Crippen LogP contribution in [0.2, 0.25) is 0 Å². The van der Waals surface area contributed by atoms with Gasteiger partial charge in [0.1, 0.15) is 6.10 Å². The number of rotatable bonds is 2. The summed E-state index contributed by atoms with van der Waals surface area (Å²) in [6.07, 6.45) is 10.8. The van der Waals surface area contributed by atoms with Gasteiger partial charge in [-0.05, 0) is 57.5 Å². The predicted octanol–water partition coefficient (Wildman–Crippen LogP) is 2.98. The zero-order valence-electron chi connectivity index (χ0n) is 12.1. The van der Waals surface area contributed by atoms with Crippen molar-refractivity contribution in [2.75, 3.05) is 13.1 Å². The van der Waals surface area contributed by atoms with Crippen molar-refractivity contribution in [1.29, 1.82) is 0 Å². The van der Waals surface area contributed by atoms with Gasteiger partial charge in [0.2, 0.25) is 0 Å². The standard InChI is InChI=1S/C16H27NO2/c1-12(18)19-16-13-6-5-7-14(16)15(9-8-13)17-10-3-2-4-11-17/h13-16H,2-11H2,1H3/t13-,14+,15+,16+/m0/s1. The Bertz CT molecular complexity index is 325. The maximum Gasteiger partial charge on any atom is 0.302 e. The summed E-state index contributed by atoms with van der Waals surface area (Å²) in [5, 5.41) is 0. The number of fused-ring (bicyclic) bond motifs is 2. The van der Waals surface area contributed by atoms with Crippen molar-refractivity contribution in [2.24, 2.45) is 11.8 Å². The van der Waals surface area contributed by atoms with Gasteiger partial charge < -0.3 is 4.74 Å². The van der Waals surface area contributed by atoms with Crippen LogP contribution in [-0.4, -0.2) is 36.1 Å². The summed E-state index contributed by atoms with van der Waals surface area (Å²) in [6.45, 7) is 4.09. The molecule has 3 nitrogen and oxygen atoms in total. The first-order valence-electron chi connectivity index (χ1n) is 8.17. The lowest BCUT2D eigenvalue weighted by Gasteiger charge is -2.50. The average Bonchev–Trinajstić information content (AvgIpc) is 2.39. The van der Waals surface area contributed by atoms with E-state index in [4.69, 9.17) is 4.74 Å². The molecule has 2 saturated carbocycles. The highest BCUT2D eigenvalue weighted by atomic mass is 16.5. The van der Waals surface area contributed by atoms with Crippen molar-refractivity contribution in [3.63, 3.8) is 0 Å². The summed E-state index contributed by atoms with van der Waals surface area (Å²) in [5.41, 5.74) is 0. The van der Waals surface area contributed by atoms with Crippen molar-refractivity contribution < 1.29 is 9.53 Å². The molecule has 3 fully saturated rings. The number of likely N-dealkylation sites (tertiary alicyclic amines) is 1. The number of hydrogen-bond donors (Lipinski definition) is 0. The Morgan fingerprint density at radius 3 is 2.53 bits per heavy atom. The topological polar surface area (TPSA) is 29.5 Å². The van der Waals surface area contributed by atoms with Gasteiger partial charge in [-0.2, -0.15) is 0 Å². The van der Waals surface area contributed by atoms with Crippen LogP contribution < -0.4 is 0 Å². The first kappa shape index (κ1) is 13.4. The Morgan fingerprint density at radius 1 is 1.00 bits per heavy atom. The zero-order valence-corrected chi connectivity index (χ0v) is 12.1. The minimum absolute atomic E-state index is 0.0822. The first-order chi connectivity index (χ1) is 9.25. The van der Waals surface area contributed by atoms with Crippen LogP contribution in [0.3, 0.4) is 0 Å². The fourth-order valence-corrected chi connectivity index (χ4v) is 4.69. The molecule has 4 atom stereocenters. The van der Waals surface area contributed by atoms with Gasteiger partial charge in [-0.15, -0.1) is 0 Å². The second-order valence-electron chi connectivity index (χ2n) is 6.67. The number of esters is 1. The zero-order chi connectivity index (χ0) is 13.2. The number of carbonyl (C=O) groups excluding carboxylic acids is 1. The number of hydrogen-bond acceptors (Lipinski definition) is 3. The third-order valence-corrected chi connectivity index (χ3v) is 5.49. The van der Waals surface area contributed by atoms with Crippen LogP contribution in [0.25, 0.3) is 0 Å². The van der Waals surface area contributed by atoms with Crippen molar-refractivity contribution in [3.05, 3.63) is 0 Å². The lowest BCUT2D eigenvalue weighted by molar-refractivity contribution is -0.162. The fraction of sp³-hybridized carbons (Fsp3) is 0.938. The quantitative estimate of drug-likeness (QED) is 0.719. The lowest BCUT2D eigenvalue weighted by atomic mass is 9.67. The molecule has 0 aromatic heterocycles. The van der Waals surface area contributed by atoms with Gasteiger partial charge in [0.25, 0.3) is 0 Å². The molecule has 0 unspecified atom stereocenters. The largest absolute Gasteiger partial charge is 0.462 e. The van der Waals surface area contributed by atoms with Gasteiger partial charge in [0, 0.05) is 18.9 Å². The normalized spacial score (nSPS) is 39.8. The number of nitrogens with zero attached hydrogens (tertiary/aromatic N) is 1. The molecule has 3 heteroatoms. The van der Waals surface area contributed by atoms with E-state index >= 15 is 0 Å². The Morgan fingerprint density at radius 2 is 1.79 bits per heavy atom. The molecule has 2 aliphatic carbocycles. The SMILES string of the molecule is CC(=O)O[C@@H]1[C@H]2CCC[C@@H]1[C@H](N1CCCCC1)CC2. The molecule has 3 aliphatic rings. The maximum absolute atomic E-state index is 11.4. The molecule has 19 heavy (non-hydrogen) atoms. The maximum atomic E-state index is 11.4. The van der Waals surface area contributed by atoms with E-state index in [1.807, 2.05) is 0 Å². The minimum Gasteiger partial charge on any atom is -0.462 e. The molecule has 0 aromatic carbocycles. The Balaban J connectivity index is 1.72. The number of piperidine rings is 1. The number of carbonyl (C=O) groups is 1. The Kier molecular flexibility index (Phi) is 4.11. The van der Waals surface area contributed by atoms with Crippen molar-refractivity contribution in [1.82, 2.24) is 4.90 Å². The monoisotopic (exact) mass is 265 g/mol. The highest BCUT2D eigenvalue weighted by Crippen LogP contribution is 2.44. The van der Waals surface area contributed by atoms with Gasteiger partial charge in [-0.1, -0.05) is 12.8 Å². The van der Waals surface area contributed by atoms with E-state index in [1.165, 1.54) is 64.5 Å². The lowest BCUT2D eigenvalue weighted by Crippen LogP contribution is -2.54. The first-order valence-corrected chi connectivity index (χ1v) is 8.17. The highest BCUT2D eigenvalue weighted by molar-refractivity contribution is 5.66. The summed E-state index contributed by atoms with van der Waals surface area (Å²) in [6, 6.07) is 0.682. The summed E-state index contributed by atoms with van der Waals surface area (Å²) in [5.74, 6) is 1.17. The van der Waals surface area contributed by atoms with E-state index in [0.717, 1.165) is 0 Å². The van der Waals surface area contributed by atoms with Crippen molar-refractivity contribution in [2.45, 2.75) is 70.4 Å². The molecule has 108 valence electrons. The van der Waals surface area contributed by atoms with E-state index in [0.29, 0.717) is 17.9 Å². The molecule has 0 N–H and O–H groups in total. The summed E-state index contributed by atoms with van der Waals surface area (Å²) < 4.78 is 5.71. The van der Waals surface area contributed by atoms with E-state index in [1.54, 1.807) is 6.92 Å². The van der Waals surface area contributed by atoms with Gasteiger partial charge in [-0.25, -0.2) is 0 Å². The van der Waals surface area contributed by atoms with Crippen LogP contribution in [0.1, 0.15) is 58.3 Å². The predicted molar refractivity (Wildman–Crippen MR) is 74.8 cm³/mol. The summed E-state index contributed by atoms with van der Waals surface area (Å²) in [4.78, 5) is 14.1.